The van der Waals surface area contributed by atoms with E-state index in [0.717, 1.165) is 16.7 Å². The highest BCUT2D eigenvalue weighted by Crippen LogP contribution is 2.30. The summed E-state index contributed by atoms with van der Waals surface area (Å²) in [4.78, 5) is 0. The van der Waals surface area contributed by atoms with Crippen LogP contribution in [-0.4, -0.2) is 19.1 Å². The summed E-state index contributed by atoms with van der Waals surface area (Å²) in [6.07, 6.45) is 0.766. The van der Waals surface area contributed by atoms with E-state index in [1.54, 1.807) is 0 Å². The summed E-state index contributed by atoms with van der Waals surface area (Å²) in [6.45, 7) is 5.94. The lowest BCUT2D eigenvalue weighted by molar-refractivity contribution is 0.486. The Labute approximate surface area is 108 Å². The third-order valence-electron chi connectivity index (χ3n) is 2.73. The number of nitrogens with two attached hydrogens (primary N) is 1. The van der Waals surface area contributed by atoms with E-state index in [2.05, 4.69) is 28.0 Å². The van der Waals surface area contributed by atoms with Gasteiger partial charge in [0.25, 0.3) is 0 Å². The Morgan fingerprint density at radius 1 is 1.69 bits per heavy atom. The highest BCUT2D eigenvalue weighted by molar-refractivity contribution is 9.10. The smallest absolute Gasteiger partial charge is 0.140 e. The van der Waals surface area contributed by atoms with E-state index >= 15 is 0 Å². The van der Waals surface area contributed by atoms with Crippen molar-refractivity contribution in [3.63, 3.8) is 0 Å². The molecule has 4 nitrogen and oxygen atoms in total. The molecule has 0 spiro atoms. The van der Waals surface area contributed by atoms with Crippen molar-refractivity contribution in [2.24, 2.45) is 12.2 Å². The third-order valence-corrected chi connectivity index (χ3v) is 4.38. The maximum Gasteiger partial charge on any atom is 0.140 e. The minimum absolute atomic E-state index is 0.270. The van der Waals surface area contributed by atoms with Crippen molar-refractivity contribution in [2.75, 3.05) is 0 Å². The molecule has 1 unspecified atom stereocenters. The molecule has 1 aromatic rings. The molecule has 0 amide bonds. The summed E-state index contributed by atoms with van der Waals surface area (Å²) in [7, 11) is 1.91. The Balaban J connectivity index is 2.80. The standard InChI is InChI=1S/C10H18BrN3OS/c1-7(6-10(2,3)16(12)15)8-5-9(11)13-14(8)4/h5,7H,6,12H2,1-4H3/t7-,16?/m1/s1. The van der Waals surface area contributed by atoms with Crippen molar-refractivity contribution in [1.82, 2.24) is 9.78 Å². The van der Waals surface area contributed by atoms with E-state index in [9.17, 15) is 4.55 Å². The van der Waals surface area contributed by atoms with Crippen molar-refractivity contribution in [3.05, 3.63) is 16.4 Å². The van der Waals surface area contributed by atoms with Gasteiger partial charge in [-0.25, -0.2) is 0 Å². The number of rotatable bonds is 4. The van der Waals surface area contributed by atoms with Gasteiger partial charge in [0.05, 0.1) is 0 Å². The SMILES string of the molecule is C[C@H](CC(C)(C)[S+](N)[O-])c1cc(Br)nn1C. The zero-order valence-electron chi connectivity index (χ0n) is 10.0. The molecule has 2 N–H and O–H groups in total. The summed E-state index contributed by atoms with van der Waals surface area (Å²) in [5.41, 5.74) is 1.12. The van der Waals surface area contributed by atoms with Crippen LogP contribution in [0.15, 0.2) is 10.7 Å². The third kappa shape index (κ3) is 3.23. The molecule has 92 valence electrons. The molecule has 0 saturated carbocycles. The van der Waals surface area contributed by atoms with E-state index in [4.69, 9.17) is 5.14 Å². The molecule has 0 aromatic carbocycles. The quantitative estimate of drug-likeness (QED) is 0.866. The maximum absolute atomic E-state index is 11.4. The maximum atomic E-state index is 11.4. The Hall–Kier alpha value is -0.0400. The molecule has 0 radical (unpaired) electrons. The van der Waals surface area contributed by atoms with Gasteiger partial charge in [-0.3, -0.25) is 4.68 Å². The normalized spacial score (nSPS) is 16.2. The first kappa shape index (κ1) is 14.0. The van der Waals surface area contributed by atoms with Gasteiger partial charge in [0.1, 0.15) is 9.35 Å². The predicted octanol–water partition coefficient (Wildman–Crippen LogP) is 2.08. The lowest BCUT2D eigenvalue weighted by Gasteiger charge is -2.27. The molecule has 0 saturated heterocycles. The van der Waals surface area contributed by atoms with Gasteiger partial charge in [0.15, 0.2) is 0 Å². The lowest BCUT2D eigenvalue weighted by Crippen LogP contribution is -2.38. The van der Waals surface area contributed by atoms with Gasteiger partial charge in [-0.05, 0) is 35.8 Å². The van der Waals surface area contributed by atoms with E-state index in [1.165, 1.54) is 0 Å². The van der Waals surface area contributed by atoms with E-state index in [0.29, 0.717) is 0 Å². The number of hydrogen-bond acceptors (Lipinski definition) is 3. The van der Waals surface area contributed by atoms with Crippen LogP contribution in [0.4, 0.5) is 0 Å². The van der Waals surface area contributed by atoms with Crippen LogP contribution in [0.3, 0.4) is 0 Å². The van der Waals surface area contributed by atoms with Gasteiger partial charge in [-0.15, -0.1) is 0 Å². The minimum Gasteiger partial charge on any atom is -0.598 e. The summed E-state index contributed by atoms with van der Waals surface area (Å²) >= 11 is 2.03. The number of aryl methyl sites for hydroxylation is 1. The molecular weight excluding hydrogens is 290 g/mol. The minimum atomic E-state index is -1.31. The average molecular weight is 308 g/mol. The van der Waals surface area contributed by atoms with Crippen LogP contribution < -0.4 is 5.14 Å². The van der Waals surface area contributed by atoms with Gasteiger partial charge in [-0.1, -0.05) is 6.92 Å². The second-order valence-electron chi connectivity index (χ2n) is 4.68. The van der Waals surface area contributed by atoms with E-state index in [1.807, 2.05) is 31.6 Å². The van der Waals surface area contributed by atoms with Crippen LogP contribution in [-0.2, 0) is 18.4 Å². The molecule has 16 heavy (non-hydrogen) atoms. The number of hydrogen-bond donors (Lipinski definition) is 1. The molecule has 1 aromatic heterocycles. The molecule has 1 rings (SSSR count). The molecule has 6 heteroatoms. The number of nitrogens with zero attached hydrogens (tertiary/aromatic N) is 2. The van der Waals surface area contributed by atoms with Gasteiger partial charge in [-0.2, -0.15) is 10.2 Å². The van der Waals surface area contributed by atoms with Gasteiger partial charge in [0, 0.05) is 36.4 Å². The lowest BCUT2D eigenvalue weighted by atomic mass is 9.95. The fourth-order valence-electron chi connectivity index (χ4n) is 1.83. The molecule has 2 atom stereocenters. The van der Waals surface area contributed by atoms with Crippen molar-refractivity contribution in [3.8, 4) is 0 Å². The second kappa shape index (κ2) is 5.08. The summed E-state index contributed by atoms with van der Waals surface area (Å²) < 4.78 is 13.7. The van der Waals surface area contributed by atoms with Gasteiger partial charge in [0.2, 0.25) is 0 Å². The summed E-state index contributed by atoms with van der Waals surface area (Å²) in [5, 5.41) is 9.71. The molecule has 0 aliphatic rings. The van der Waals surface area contributed by atoms with Gasteiger partial charge >= 0.3 is 0 Å². The van der Waals surface area contributed by atoms with E-state index in [-0.39, 0.29) is 10.7 Å². The molecule has 0 bridgehead atoms. The Morgan fingerprint density at radius 3 is 2.62 bits per heavy atom. The van der Waals surface area contributed by atoms with Crippen LogP contribution >= 0.6 is 15.9 Å². The summed E-state index contributed by atoms with van der Waals surface area (Å²) in [6, 6.07) is 1.99. The van der Waals surface area contributed by atoms with Crippen molar-refractivity contribution in [2.45, 2.75) is 37.9 Å². The summed E-state index contributed by atoms with van der Waals surface area (Å²) in [5.74, 6) is 0.270. The van der Waals surface area contributed by atoms with Crippen LogP contribution in [0.5, 0.6) is 0 Å². The fourth-order valence-corrected chi connectivity index (χ4v) is 2.72. The van der Waals surface area contributed by atoms with Crippen molar-refractivity contribution < 1.29 is 4.55 Å². The van der Waals surface area contributed by atoms with Crippen LogP contribution in [0.1, 0.15) is 38.8 Å². The Morgan fingerprint density at radius 2 is 2.25 bits per heavy atom. The second-order valence-corrected chi connectivity index (χ2v) is 7.19. The van der Waals surface area contributed by atoms with Crippen LogP contribution in [0.2, 0.25) is 0 Å². The first-order valence-corrected chi connectivity index (χ1v) is 7.10. The van der Waals surface area contributed by atoms with Crippen molar-refractivity contribution in [1.29, 1.82) is 0 Å². The Kier molecular flexibility index (Phi) is 4.45. The van der Waals surface area contributed by atoms with Crippen molar-refractivity contribution >= 4 is 27.3 Å². The first-order valence-electron chi connectivity index (χ1n) is 5.10. The van der Waals surface area contributed by atoms with Crippen LogP contribution in [0.25, 0.3) is 0 Å². The molecule has 0 fully saturated rings. The highest BCUT2D eigenvalue weighted by Gasteiger charge is 2.33. The average Bonchev–Trinajstić information content (AvgIpc) is 2.44. The largest absolute Gasteiger partial charge is 0.598 e. The topological polar surface area (TPSA) is 66.9 Å². The zero-order valence-corrected chi connectivity index (χ0v) is 12.4. The van der Waals surface area contributed by atoms with E-state index < -0.39 is 11.4 Å². The molecule has 1 heterocycles. The first-order chi connectivity index (χ1) is 7.24. The Bertz CT molecular complexity index is 365. The van der Waals surface area contributed by atoms with Crippen LogP contribution in [0, 0.1) is 0 Å². The monoisotopic (exact) mass is 307 g/mol. The number of halogens is 1. The fraction of sp³-hybridized carbons (Fsp3) is 0.700. The molecular formula is C10H18BrN3OS. The highest BCUT2D eigenvalue weighted by atomic mass is 79.9. The number of aromatic nitrogens is 2. The zero-order chi connectivity index (χ0) is 12.5. The predicted molar refractivity (Wildman–Crippen MR) is 70.3 cm³/mol. The molecule has 0 aliphatic carbocycles. The molecule has 0 aliphatic heterocycles. The van der Waals surface area contributed by atoms with Gasteiger partial charge < -0.3 is 4.55 Å².